The molecule has 2 aromatic rings. The van der Waals surface area contributed by atoms with Crippen LogP contribution >= 0.6 is 0 Å². The number of carbonyl (C=O) groups is 1. The molecule has 0 aromatic carbocycles. The van der Waals surface area contributed by atoms with E-state index in [1.165, 1.54) is 0 Å². The van der Waals surface area contributed by atoms with Gasteiger partial charge >= 0.3 is 0 Å². The highest BCUT2D eigenvalue weighted by molar-refractivity contribution is 5.91. The van der Waals surface area contributed by atoms with E-state index >= 15 is 0 Å². The molecule has 8 heteroatoms. The Labute approximate surface area is 120 Å². The average Bonchev–Trinajstić information content (AvgIpc) is 3.05. The normalized spacial score (nSPS) is 14.3. The lowest BCUT2D eigenvalue weighted by Crippen LogP contribution is -2.22. The highest BCUT2D eigenvalue weighted by Crippen LogP contribution is 2.39. The second-order valence-electron chi connectivity index (χ2n) is 4.92. The minimum absolute atomic E-state index is 0.151. The number of hydrogen-bond acceptors (Lipinski definition) is 7. The summed E-state index contributed by atoms with van der Waals surface area (Å²) in [6, 6.07) is 1.69. The third-order valence-corrected chi connectivity index (χ3v) is 3.19. The molecule has 3 rings (SSSR count). The highest BCUT2D eigenvalue weighted by Gasteiger charge is 2.28. The minimum atomic E-state index is -0.342. The standard InChI is InChI=1S/C13H16N4O4/c1-19-5-4-11-15-12(21-17-11)7-14-13(18)10-6-9(16-20-10)8-2-3-8/h6,8H,2-5,7H2,1H3,(H,14,18). The quantitative estimate of drug-likeness (QED) is 0.813. The van der Waals surface area contributed by atoms with Crippen molar-refractivity contribution in [2.75, 3.05) is 13.7 Å². The summed E-state index contributed by atoms with van der Waals surface area (Å²) in [6.07, 6.45) is 2.79. The first kappa shape index (κ1) is 13.7. The van der Waals surface area contributed by atoms with E-state index in [1.54, 1.807) is 13.2 Å². The summed E-state index contributed by atoms with van der Waals surface area (Å²) < 4.78 is 15.0. The van der Waals surface area contributed by atoms with Crippen molar-refractivity contribution >= 4 is 5.91 Å². The first-order chi connectivity index (χ1) is 10.3. The van der Waals surface area contributed by atoms with Gasteiger partial charge in [-0.1, -0.05) is 10.3 Å². The smallest absolute Gasteiger partial charge is 0.290 e. The summed E-state index contributed by atoms with van der Waals surface area (Å²) in [6.45, 7) is 0.672. The average molecular weight is 292 g/mol. The fraction of sp³-hybridized carbons (Fsp3) is 0.538. The molecule has 8 nitrogen and oxygen atoms in total. The molecule has 1 aliphatic rings. The van der Waals surface area contributed by atoms with Crippen LogP contribution in [0, 0.1) is 0 Å². The van der Waals surface area contributed by atoms with E-state index in [0.717, 1.165) is 18.5 Å². The van der Waals surface area contributed by atoms with Crippen molar-refractivity contribution in [1.82, 2.24) is 20.6 Å². The Kier molecular flexibility index (Phi) is 3.96. The van der Waals surface area contributed by atoms with Gasteiger partial charge < -0.3 is 19.1 Å². The molecule has 0 spiro atoms. The number of rotatable bonds is 7. The number of amides is 1. The molecule has 2 aromatic heterocycles. The molecule has 21 heavy (non-hydrogen) atoms. The van der Waals surface area contributed by atoms with Crippen molar-refractivity contribution in [3.8, 4) is 0 Å². The third kappa shape index (κ3) is 3.46. The summed E-state index contributed by atoms with van der Waals surface area (Å²) in [5.74, 6) is 1.21. The van der Waals surface area contributed by atoms with Crippen LogP contribution in [0.4, 0.5) is 0 Å². The first-order valence-electron chi connectivity index (χ1n) is 6.81. The molecule has 0 unspecified atom stereocenters. The summed E-state index contributed by atoms with van der Waals surface area (Å²) in [5, 5.41) is 10.3. The van der Waals surface area contributed by atoms with Crippen molar-refractivity contribution in [3.05, 3.63) is 29.2 Å². The molecule has 0 aliphatic heterocycles. The summed E-state index contributed by atoms with van der Waals surface area (Å²) in [7, 11) is 1.61. The molecular formula is C13H16N4O4. The van der Waals surface area contributed by atoms with Crippen molar-refractivity contribution in [3.63, 3.8) is 0 Å². The van der Waals surface area contributed by atoms with E-state index in [-0.39, 0.29) is 18.2 Å². The first-order valence-corrected chi connectivity index (χ1v) is 6.81. The fourth-order valence-corrected chi connectivity index (χ4v) is 1.87. The maximum absolute atomic E-state index is 11.9. The van der Waals surface area contributed by atoms with Crippen LogP contribution in [0.3, 0.4) is 0 Å². The molecule has 1 saturated carbocycles. The van der Waals surface area contributed by atoms with Gasteiger partial charge in [0.1, 0.15) is 0 Å². The van der Waals surface area contributed by atoms with E-state index < -0.39 is 0 Å². The SMILES string of the molecule is COCCc1noc(CNC(=O)c2cc(C3CC3)no2)n1. The predicted octanol–water partition coefficient (Wildman–Crippen LogP) is 1.05. The molecule has 2 heterocycles. The largest absolute Gasteiger partial charge is 0.384 e. The van der Waals surface area contributed by atoms with Gasteiger partial charge in [0.15, 0.2) is 5.82 Å². The molecule has 1 fully saturated rings. The molecule has 0 saturated heterocycles. The van der Waals surface area contributed by atoms with E-state index in [1.807, 2.05) is 0 Å². The molecule has 1 N–H and O–H groups in total. The van der Waals surface area contributed by atoms with Gasteiger partial charge in [-0.05, 0) is 12.8 Å². The van der Waals surface area contributed by atoms with Crippen molar-refractivity contribution in [2.24, 2.45) is 0 Å². The molecule has 1 amide bonds. The fourth-order valence-electron chi connectivity index (χ4n) is 1.87. The van der Waals surface area contributed by atoms with Crippen molar-refractivity contribution in [2.45, 2.75) is 31.7 Å². The van der Waals surface area contributed by atoms with Crippen LogP contribution in [-0.4, -0.2) is 34.9 Å². The zero-order chi connectivity index (χ0) is 14.7. The zero-order valence-corrected chi connectivity index (χ0v) is 11.7. The summed E-state index contributed by atoms with van der Waals surface area (Å²) >= 11 is 0. The molecule has 1 aliphatic carbocycles. The lowest BCUT2D eigenvalue weighted by molar-refractivity contribution is 0.0909. The topological polar surface area (TPSA) is 103 Å². The predicted molar refractivity (Wildman–Crippen MR) is 69.5 cm³/mol. The molecule has 0 atom stereocenters. The van der Waals surface area contributed by atoms with Gasteiger partial charge in [0, 0.05) is 25.5 Å². The lowest BCUT2D eigenvalue weighted by Gasteiger charge is -1.97. The third-order valence-electron chi connectivity index (χ3n) is 3.19. The Hall–Kier alpha value is -2.22. The number of aromatic nitrogens is 3. The van der Waals surface area contributed by atoms with E-state index in [2.05, 4.69) is 20.6 Å². The lowest BCUT2D eigenvalue weighted by atomic mass is 10.2. The second-order valence-corrected chi connectivity index (χ2v) is 4.92. The Morgan fingerprint density at radius 1 is 1.43 bits per heavy atom. The Balaban J connectivity index is 1.51. The monoisotopic (exact) mass is 292 g/mol. The zero-order valence-electron chi connectivity index (χ0n) is 11.7. The van der Waals surface area contributed by atoms with Gasteiger partial charge in [0.25, 0.3) is 5.91 Å². The molecule has 0 radical (unpaired) electrons. The maximum Gasteiger partial charge on any atom is 0.290 e. The number of nitrogens with one attached hydrogen (secondary N) is 1. The van der Waals surface area contributed by atoms with Crippen molar-refractivity contribution in [1.29, 1.82) is 0 Å². The molecular weight excluding hydrogens is 276 g/mol. The summed E-state index contributed by atoms with van der Waals surface area (Å²) in [4.78, 5) is 16.0. The Morgan fingerprint density at radius 2 is 2.29 bits per heavy atom. The molecule has 0 bridgehead atoms. The van der Waals surface area contributed by atoms with Crippen LogP contribution in [0.2, 0.25) is 0 Å². The van der Waals surface area contributed by atoms with Crippen LogP contribution in [0.5, 0.6) is 0 Å². The van der Waals surface area contributed by atoms with E-state index in [9.17, 15) is 4.79 Å². The Morgan fingerprint density at radius 3 is 3.05 bits per heavy atom. The van der Waals surface area contributed by atoms with Crippen LogP contribution in [0.15, 0.2) is 15.1 Å². The van der Waals surface area contributed by atoms with Gasteiger partial charge in [0.05, 0.1) is 18.8 Å². The number of methoxy groups -OCH3 is 1. The van der Waals surface area contributed by atoms with E-state index in [0.29, 0.717) is 30.7 Å². The van der Waals surface area contributed by atoms with Crippen LogP contribution in [0.1, 0.15) is 46.7 Å². The van der Waals surface area contributed by atoms with Gasteiger partial charge in [0.2, 0.25) is 11.7 Å². The second kappa shape index (κ2) is 6.04. The van der Waals surface area contributed by atoms with Gasteiger partial charge in [-0.3, -0.25) is 4.79 Å². The van der Waals surface area contributed by atoms with Gasteiger partial charge in [-0.25, -0.2) is 0 Å². The highest BCUT2D eigenvalue weighted by atomic mass is 16.5. The van der Waals surface area contributed by atoms with Crippen LogP contribution < -0.4 is 5.32 Å². The van der Waals surface area contributed by atoms with Gasteiger partial charge in [-0.15, -0.1) is 0 Å². The number of ether oxygens (including phenoxy) is 1. The van der Waals surface area contributed by atoms with Crippen molar-refractivity contribution < 1.29 is 18.6 Å². The van der Waals surface area contributed by atoms with Gasteiger partial charge in [-0.2, -0.15) is 4.98 Å². The maximum atomic E-state index is 11.9. The number of nitrogens with zero attached hydrogens (tertiary/aromatic N) is 3. The van der Waals surface area contributed by atoms with E-state index in [4.69, 9.17) is 13.8 Å². The number of hydrogen-bond donors (Lipinski definition) is 1. The summed E-state index contributed by atoms with van der Waals surface area (Å²) in [5.41, 5.74) is 0.847. The number of carbonyl (C=O) groups excluding carboxylic acids is 1. The Bertz CT molecular complexity index is 617. The molecule has 112 valence electrons. The van der Waals surface area contributed by atoms with Crippen LogP contribution in [-0.2, 0) is 17.7 Å². The van der Waals surface area contributed by atoms with Crippen LogP contribution in [0.25, 0.3) is 0 Å². The minimum Gasteiger partial charge on any atom is -0.384 e.